The first-order valence-electron chi connectivity index (χ1n) is 3.37. The van der Waals surface area contributed by atoms with Crippen LogP contribution < -0.4 is 5.32 Å². The van der Waals surface area contributed by atoms with Gasteiger partial charge in [-0.25, -0.2) is 0 Å². The predicted octanol–water partition coefficient (Wildman–Crippen LogP) is 1.10. The normalized spacial score (nSPS) is 11.1. The van der Waals surface area contributed by atoms with Crippen molar-refractivity contribution >= 4 is 11.8 Å². The van der Waals surface area contributed by atoms with Gasteiger partial charge in [0.25, 0.3) is 5.91 Å². The Balaban J connectivity index is 2.63. The molecule has 0 bridgehead atoms. The molecular formula is C7H4F3NO3. The van der Waals surface area contributed by atoms with Crippen LogP contribution in [-0.4, -0.2) is 18.0 Å². The monoisotopic (exact) mass is 207 g/mol. The summed E-state index contributed by atoms with van der Waals surface area (Å²) in [5.74, 6) is -3.90. The average molecular weight is 207 g/mol. The van der Waals surface area contributed by atoms with Crippen molar-refractivity contribution in [3.8, 4) is 0 Å². The van der Waals surface area contributed by atoms with E-state index >= 15 is 0 Å². The minimum atomic E-state index is -5.08. The van der Waals surface area contributed by atoms with E-state index in [0.29, 0.717) is 0 Å². The zero-order chi connectivity index (χ0) is 10.8. The Hall–Kier alpha value is -1.79. The van der Waals surface area contributed by atoms with E-state index in [1.807, 2.05) is 0 Å². The fourth-order valence-corrected chi connectivity index (χ4v) is 0.643. The van der Waals surface area contributed by atoms with Crippen molar-refractivity contribution in [2.24, 2.45) is 0 Å². The van der Waals surface area contributed by atoms with Crippen molar-refractivity contribution in [3.05, 3.63) is 24.2 Å². The first-order chi connectivity index (χ1) is 6.41. The molecule has 2 amide bonds. The van der Waals surface area contributed by atoms with E-state index in [4.69, 9.17) is 0 Å². The molecule has 0 aliphatic rings. The second-order valence-corrected chi connectivity index (χ2v) is 2.26. The fraction of sp³-hybridized carbons (Fsp3) is 0.143. The standard InChI is InChI=1S/C7H4F3NO3/c8-7(9,10)6(13)11-5(12)4-2-1-3-14-4/h1-3H,(H,11,12,13). The highest BCUT2D eigenvalue weighted by Gasteiger charge is 2.40. The van der Waals surface area contributed by atoms with E-state index in [2.05, 4.69) is 4.42 Å². The molecule has 0 aliphatic carbocycles. The minimum Gasteiger partial charge on any atom is -0.459 e. The average Bonchev–Trinajstić information content (AvgIpc) is 2.53. The molecule has 1 aromatic rings. The second kappa shape index (κ2) is 3.52. The van der Waals surface area contributed by atoms with Gasteiger partial charge >= 0.3 is 12.1 Å². The fourth-order valence-electron chi connectivity index (χ4n) is 0.643. The van der Waals surface area contributed by atoms with E-state index < -0.39 is 18.0 Å². The first kappa shape index (κ1) is 10.3. The predicted molar refractivity (Wildman–Crippen MR) is 37.2 cm³/mol. The summed E-state index contributed by atoms with van der Waals surface area (Å²) >= 11 is 0. The number of nitrogens with one attached hydrogen (secondary N) is 1. The molecule has 0 unspecified atom stereocenters. The van der Waals surface area contributed by atoms with Crippen LogP contribution >= 0.6 is 0 Å². The molecule has 7 heteroatoms. The lowest BCUT2D eigenvalue weighted by molar-refractivity contribution is -0.172. The van der Waals surface area contributed by atoms with Gasteiger partial charge in [0.15, 0.2) is 5.76 Å². The van der Waals surface area contributed by atoms with Gasteiger partial charge < -0.3 is 4.42 Å². The smallest absolute Gasteiger partial charge is 0.459 e. The third kappa shape index (κ3) is 2.35. The van der Waals surface area contributed by atoms with Crippen LogP contribution in [0.4, 0.5) is 13.2 Å². The summed E-state index contributed by atoms with van der Waals surface area (Å²) in [6.45, 7) is 0. The van der Waals surface area contributed by atoms with E-state index in [0.717, 1.165) is 17.6 Å². The second-order valence-electron chi connectivity index (χ2n) is 2.26. The molecule has 0 aliphatic heterocycles. The Kier molecular flexibility index (Phi) is 2.59. The molecule has 1 rings (SSSR count). The maximum Gasteiger partial charge on any atom is 0.471 e. The highest BCUT2D eigenvalue weighted by molar-refractivity contribution is 6.04. The molecular weight excluding hydrogens is 203 g/mol. The molecule has 4 nitrogen and oxygen atoms in total. The van der Waals surface area contributed by atoms with Crippen molar-refractivity contribution in [2.75, 3.05) is 0 Å². The zero-order valence-corrected chi connectivity index (χ0v) is 6.59. The Labute approximate surface area is 75.7 Å². The van der Waals surface area contributed by atoms with Crippen molar-refractivity contribution in [3.63, 3.8) is 0 Å². The van der Waals surface area contributed by atoms with Gasteiger partial charge in [-0.2, -0.15) is 13.2 Å². The van der Waals surface area contributed by atoms with Gasteiger partial charge in [-0.05, 0) is 12.1 Å². The molecule has 1 aromatic heterocycles. The van der Waals surface area contributed by atoms with Crippen molar-refractivity contribution in [1.29, 1.82) is 0 Å². The number of carbonyl (C=O) groups excluding carboxylic acids is 2. The molecule has 0 spiro atoms. The lowest BCUT2D eigenvalue weighted by atomic mass is 10.4. The number of rotatable bonds is 1. The Morgan fingerprint density at radius 3 is 2.43 bits per heavy atom. The Morgan fingerprint density at radius 2 is 2.00 bits per heavy atom. The van der Waals surface area contributed by atoms with Gasteiger partial charge in [0.05, 0.1) is 6.26 Å². The number of alkyl halides is 3. The third-order valence-electron chi connectivity index (χ3n) is 1.23. The van der Waals surface area contributed by atoms with Crippen molar-refractivity contribution in [1.82, 2.24) is 5.32 Å². The summed E-state index contributed by atoms with van der Waals surface area (Å²) in [6, 6.07) is 2.45. The van der Waals surface area contributed by atoms with E-state index in [1.54, 1.807) is 0 Å². The van der Waals surface area contributed by atoms with Crippen LogP contribution in [-0.2, 0) is 4.79 Å². The SMILES string of the molecule is O=C(NC(=O)C(F)(F)F)c1ccco1. The van der Waals surface area contributed by atoms with Crippen molar-refractivity contribution < 1.29 is 27.2 Å². The quantitative estimate of drug-likeness (QED) is 0.749. The van der Waals surface area contributed by atoms with Crippen LogP contribution in [0.25, 0.3) is 0 Å². The molecule has 76 valence electrons. The van der Waals surface area contributed by atoms with Crippen LogP contribution in [0.5, 0.6) is 0 Å². The molecule has 0 saturated heterocycles. The number of amides is 2. The molecule has 0 radical (unpaired) electrons. The highest BCUT2D eigenvalue weighted by Crippen LogP contribution is 2.14. The largest absolute Gasteiger partial charge is 0.471 e. The molecule has 0 aromatic carbocycles. The topological polar surface area (TPSA) is 59.3 Å². The minimum absolute atomic E-state index is 0.359. The van der Waals surface area contributed by atoms with Crippen LogP contribution in [0.3, 0.4) is 0 Å². The van der Waals surface area contributed by atoms with Gasteiger partial charge in [-0.3, -0.25) is 14.9 Å². The van der Waals surface area contributed by atoms with Gasteiger partial charge in [0.2, 0.25) is 0 Å². The number of imide groups is 1. The number of furan rings is 1. The highest BCUT2D eigenvalue weighted by atomic mass is 19.4. The van der Waals surface area contributed by atoms with Crippen LogP contribution in [0.2, 0.25) is 0 Å². The molecule has 0 saturated carbocycles. The number of halogens is 3. The Bertz CT molecular complexity index is 342. The summed E-state index contributed by atoms with van der Waals surface area (Å²) in [7, 11) is 0. The van der Waals surface area contributed by atoms with Crippen LogP contribution in [0.15, 0.2) is 22.8 Å². The number of hydrogen-bond acceptors (Lipinski definition) is 3. The lowest BCUT2D eigenvalue weighted by Gasteiger charge is -2.04. The Morgan fingerprint density at radius 1 is 1.36 bits per heavy atom. The summed E-state index contributed by atoms with van der Waals surface area (Å²) in [5.41, 5.74) is 0. The van der Waals surface area contributed by atoms with Crippen LogP contribution in [0.1, 0.15) is 10.6 Å². The van der Waals surface area contributed by atoms with E-state index in [-0.39, 0.29) is 5.76 Å². The van der Waals surface area contributed by atoms with Crippen LogP contribution in [0, 0.1) is 0 Å². The molecule has 0 atom stereocenters. The maximum absolute atomic E-state index is 11.7. The molecule has 14 heavy (non-hydrogen) atoms. The van der Waals surface area contributed by atoms with Gasteiger partial charge in [-0.1, -0.05) is 0 Å². The zero-order valence-electron chi connectivity index (χ0n) is 6.59. The first-order valence-corrected chi connectivity index (χ1v) is 3.37. The number of carbonyl (C=O) groups is 2. The van der Waals surface area contributed by atoms with Crippen molar-refractivity contribution in [2.45, 2.75) is 6.18 Å². The van der Waals surface area contributed by atoms with E-state index in [1.165, 1.54) is 6.07 Å². The summed E-state index contributed by atoms with van der Waals surface area (Å²) in [4.78, 5) is 21.1. The maximum atomic E-state index is 11.7. The van der Waals surface area contributed by atoms with Gasteiger partial charge in [0, 0.05) is 0 Å². The van der Waals surface area contributed by atoms with E-state index in [9.17, 15) is 22.8 Å². The molecule has 1 heterocycles. The summed E-state index contributed by atoms with van der Waals surface area (Å²) in [5, 5.41) is 1.13. The van der Waals surface area contributed by atoms with Gasteiger partial charge in [-0.15, -0.1) is 0 Å². The van der Waals surface area contributed by atoms with Gasteiger partial charge in [0.1, 0.15) is 0 Å². The molecule has 0 fully saturated rings. The summed E-state index contributed by atoms with van der Waals surface area (Å²) in [6.07, 6.45) is -3.98. The lowest BCUT2D eigenvalue weighted by Crippen LogP contribution is -2.40. The number of hydrogen-bond donors (Lipinski definition) is 1. The summed E-state index contributed by atoms with van der Waals surface area (Å²) < 4.78 is 39.4. The molecule has 1 N–H and O–H groups in total. The third-order valence-corrected chi connectivity index (χ3v) is 1.23.